The van der Waals surface area contributed by atoms with Crippen LogP contribution in [0.3, 0.4) is 0 Å². The van der Waals surface area contributed by atoms with Gasteiger partial charge in [-0.1, -0.05) is 19.0 Å². The zero-order chi connectivity index (χ0) is 7.28. The number of rotatable bonds is 3. The third-order valence-electron chi connectivity index (χ3n) is 1.25. The van der Waals surface area contributed by atoms with Crippen molar-refractivity contribution in [3.05, 3.63) is 0 Å². The molecule has 3 heteroatoms. The van der Waals surface area contributed by atoms with E-state index in [-0.39, 0.29) is 11.0 Å². The van der Waals surface area contributed by atoms with Crippen LogP contribution in [-0.4, -0.2) is 21.9 Å². The molecule has 0 bridgehead atoms. The lowest BCUT2D eigenvalue weighted by Crippen LogP contribution is -1.94. The van der Waals surface area contributed by atoms with Crippen LogP contribution < -0.4 is 0 Å². The topological polar surface area (TPSA) is 32.6 Å². The van der Waals surface area contributed by atoms with Gasteiger partial charge in [0.1, 0.15) is 0 Å². The van der Waals surface area contributed by atoms with Gasteiger partial charge in [-0.3, -0.25) is 0 Å². The fraction of sp³-hybridized carbons (Fsp3) is 0.857. The maximum atomic E-state index is 8.24. The third-order valence-corrected chi connectivity index (χ3v) is 1.25. The number of hydrogen-bond donors (Lipinski definition) is 1. The molecule has 0 heterocycles. The summed E-state index contributed by atoms with van der Waals surface area (Å²) in [6.07, 6.45) is 2.02. The number of nitrogens with zero attached hydrogens (tertiary/aromatic N) is 1. The first-order chi connectivity index (χ1) is 4.16. The molecular formula is C7H19NOSi. The number of oxime groups is 1. The Kier molecular flexibility index (Phi) is 8.41. The Morgan fingerprint density at radius 2 is 2.00 bits per heavy atom. The summed E-state index contributed by atoms with van der Waals surface area (Å²) in [7, 11) is 0. The molecule has 0 fully saturated rings. The molecule has 0 amide bonds. The van der Waals surface area contributed by atoms with Crippen molar-refractivity contribution in [1.82, 2.24) is 0 Å². The molecule has 0 unspecified atom stereocenters. The van der Waals surface area contributed by atoms with Crippen molar-refractivity contribution in [3.63, 3.8) is 0 Å². The monoisotopic (exact) mass is 161 g/mol. The summed E-state index contributed by atoms with van der Waals surface area (Å²) < 4.78 is 0. The van der Waals surface area contributed by atoms with Crippen molar-refractivity contribution in [3.8, 4) is 0 Å². The first-order valence-electron chi connectivity index (χ1n) is 3.34. The Morgan fingerprint density at radius 1 is 1.50 bits per heavy atom. The van der Waals surface area contributed by atoms with Crippen molar-refractivity contribution in [1.29, 1.82) is 0 Å². The van der Waals surface area contributed by atoms with Crippen LogP contribution in [0.5, 0.6) is 0 Å². The summed E-state index contributed by atoms with van der Waals surface area (Å²) in [5, 5.41) is 11.3. The molecule has 0 aliphatic rings. The standard InChI is InChI=1S/C7H15NO.H4Si/c1-6(2)4-5-7(3)8-9;/h6,9H,4-5H2,1-3H3;1H4. The lowest BCUT2D eigenvalue weighted by atomic mass is 10.1. The van der Waals surface area contributed by atoms with Crippen LogP contribution in [0.4, 0.5) is 0 Å². The maximum Gasteiger partial charge on any atom is 0.0540 e. The molecule has 0 aromatic carbocycles. The molecule has 1 N–H and O–H groups in total. The second-order valence-electron chi connectivity index (χ2n) is 2.77. The number of hydrogen-bond acceptors (Lipinski definition) is 2. The molecule has 0 aromatic rings. The minimum absolute atomic E-state index is 0. The molecule has 0 saturated carbocycles. The lowest BCUT2D eigenvalue weighted by molar-refractivity contribution is 0.316. The highest BCUT2D eigenvalue weighted by atomic mass is 28.1. The molecule has 0 aliphatic carbocycles. The second-order valence-corrected chi connectivity index (χ2v) is 2.77. The average molecular weight is 161 g/mol. The highest BCUT2D eigenvalue weighted by molar-refractivity contribution is 5.81. The van der Waals surface area contributed by atoms with Crippen LogP contribution in [0.15, 0.2) is 5.16 Å². The van der Waals surface area contributed by atoms with E-state index in [2.05, 4.69) is 19.0 Å². The molecule has 0 spiro atoms. The zero-order valence-electron chi connectivity index (χ0n) is 6.39. The Balaban J connectivity index is 0. The quantitative estimate of drug-likeness (QED) is 0.283. The minimum Gasteiger partial charge on any atom is -0.411 e. The van der Waals surface area contributed by atoms with Crippen LogP contribution in [0.2, 0.25) is 0 Å². The predicted octanol–water partition coefficient (Wildman–Crippen LogP) is 0.821. The third kappa shape index (κ3) is 7.69. The van der Waals surface area contributed by atoms with Gasteiger partial charge in [-0.25, -0.2) is 0 Å². The van der Waals surface area contributed by atoms with E-state index in [1.165, 1.54) is 0 Å². The van der Waals surface area contributed by atoms with E-state index in [1.807, 2.05) is 6.92 Å². The van der Waals surface area contributed by atoms with Crippen molar-refractivity contribution in [2.75, 3.05) is 0 Å². The highest BCUT2D eigenvalue weighted by Gasteiger charge is 1.95. The summed E-state index contributed by atoms with van der Waals surface area (Å²) in [5.74, 6) is 0.696. The largest absolute Gasteiger partial charge is 0.411 e. The van der Waals surface area contributed by atoms with Gasteiger partial charge >= 0.3 is 0 Å². The van der Waals surface area contributed by atoms with Gasteiger partial charge in [0, 0.05) is 0 Å². The SMILES string of the molecule is CC(CCC(C)C)=NO.[SiH4]. The Labute approximate surface area is 67.3 Å². The van der Waals surface area contributed by atoms with E-state index in [1.54, 1.807) is 0 Å². The smallest absolute Gasteiger partial charge is 0.0540 e. The molecule has 0 saturated heterocycles. The van der Waals surface area contributed by atoms with E-state index < -0.39 is 0 Å². The molecular weight excluding hydrogens is 142 g/mol. The van der Waals surface area contributed by atoms with Gasteiger partial charge < -0.3 is 5.21 Å². The minimum atomic E-state index is 0. The fourth-order valence-electron chi connectivity index (χ4n) is 0.548. The molecule has 0 atom stereocenters. The second kappa shape index (κ2) is 6.80. The van der Waals surface area contributed by atoms with E-state index in [0.717, 1.165) is 18.6 Å². The van der Waals surface area contributed by atoms with Gasteiger partial charge in [-0.15, -0.1) is 0 Å². The Morgan fingerprint density at radius 3 is 2.30 bits per heavy atom. The molecule has 0 aromatic heterocycles. The Bertz CT molecular complexity index is 102. The summed E-state index contributed by atoms with van der Waals surface area (Å²) in [4.78, 5) is 0. The first kappa shape index (κ1) is 12.4. The molecule has 2 nitrogen and oxygen atoms in total. The fourth-order valence-corrected chi connectivity index (χ4v) is 0.548. The van der Waals surface area contributed by atoms with Crippen LogP contribution >= 0.6 is 0 Å². The van der Waals surface area contributed by atoms with E-state index >= 15 is 0 Å². The molecule has 10 heavy (non-hydrogen) atoms. The maximum absolute atomic E-state index is 8.24. The van der Waals surface area contributed by atoms with Gasteiger partial charge in [0.05, 0.1) is 5.71 Å². The van der Waals surface area contributed by atoms with Gasteiger partial charge in [-0.2, -0.15) is 0 Å². The predicted molar refractivity (Wildman–Crippen MR) is 50.3 cm³/mol. The van der Waals surface area contributed by atoms with Gasteiger partial charge in [0.25, 0.3) is 0 Å². The van der Waals surface area contributed by atoms with E-state index in [0.29, 0.717) is 5.92 Å². The first-order valence-corrected chi connectivity index (χ1v) is 3.34. The normalized spacial score (nSPS) is 11.4. The van der Waals surface area contributed by atoms with Crippen molar-refractivity contribution >= 4 is 16.7 Å². The van der Waals surface area contributed by atoms with E-state index in [9.17, 15) is 0 Å². The zero-order valence-corrected chi connectivity index (χ0v) is 6.39. The van der Waals surface area contributed by atoms with Crippen molar-refractivity contribution < 1.29 is 5.21 Å². The molecule has 0 rings (SSSR count). The summed E-state index contributed by atoms with van der Waals surface area (Å²) in [6.45, 7) is 6.15. The van der Waals surface area contributed by atoms with E-state index in [4.69, 9.17) is 5.21 Å². The molecule has 0 radical (unpaired) electrons. The van der Waals surface area contributed by atoms with Crippen LogP contribution in [-0.2, 0) is 0 Å². The van der Waals surface area contributed by atoms with Gasteiger partial charge in [0.2, 0.25) is 0 Å². The molecule has 62 valence electrons. The highest BCUT2D eigenvalue weighted by Crippen LogP contribution is 2.03. The summed E-state index contributed by atoms with van der Waals surface area (Å²) in [5.41, 5.74) is 0.823. The summed E-state index contributed by atoms with van der Waals surface area (Å²) >= 11 is 0. The average Bonchev–Trinajstić information content (AvgIpc) is 1.83. The van der Waals surface area contributed by atoms with Gasteiger partial charge in [-0.05, 0) is 36.6 Å². The lowest BCUT2D eigenvalue weighted by Gasteiger charge is -2.00. The van der Waals surface area contributed by atoms with Crippen molar-refractivity contribution in [2.24, 2.45) is 11.1 Å². The molecule has 0 aliphatic heterocycles. The van der Waals surface area contributed by atoms with Crippen molar-refractivity contribution in [2.45, 2.75) is 33.6 Å². The van der Waals surface area contributed by atoms with Crippen LogP contribution in [0, 0.1) is 5.92 Å². The summed E-state index contributed by atoms with van der Waals surface area (Å²) in [6, 6.07) is 0. The Hall–Kier alpha value is -0.313. The van der Waals surface area contributed by atoms with Crippen LogP contribution in [0.25, 0.3) is 0 Å². The van der Waals surface area contributed by atoms with Crippen LogP contribution in [0.1, 0.15) is 33.6 Å². The van der Waals surface area contributed by atoms with Gasteiger partial charge in [0.15, 0.2) is 0 Å².